The summed E-state index contributed by atoms with van der Waals surface area (Å²) in [4.78, 5) is 18.4. The maximum Gasteiger partial charge on any atom is 0.219 e. The van der Waals surface area contributed by atoms with Crippen LogP contribution in [0.25, 0.3) is 0 Å². The third-order valence-electron chi connectivity index (χ3n) is 4.93. The van der Waals surface area contributed by atoms with E-state index in [1.54, 1.807) is 6.92 Å². The molecule has 6 heteroatoms. The molecule has 2 saturated heterocycles. The fraction of sp³-hybridized carbons (Fsp3) is 0.750. The van der Waals surface area contributed by atoms with Crippen LogP contribution in [0.15, 0.2) is 10.6 Å². The predicted molar refractivity (Wildman–Crippen MR) is 83.3 cm³/mol. The van der Waals surface area contributed by atoms with Gasteiger partial charge in [0.2, 0.25) is 5.91 Å². The molecule has 122 valence electrons. The first-order valence-corrected chi connectivity index (χ1v) is 8.17. The van der Waals surface area contributed by atoms with Gasteiger partial charge in [0, 0.05) is 58.3 Å². The molecule has 1 aromatic heterocycles. The highest BCUT2D eigenvalue weighted by molar-refractivity contribution is 5.73. The summed E-state index contributed by atoms with van der Waals surface area (Å²) in [5.41, 5.74) is 0.944. The number of nitrogens with zero attached hydrogens (tertiary/aromatic N) is 4. The van der Waals surface area contributed by atoms with Crippen molar-refractivity contribution < 1.29 is 9.32 Å². The summed E-state index contributed by atoms with van der Waals surface area (Å²) in [7, 11) is 0. The Morgan fingerprint density at radius 3 is 2.64 bits per heavy atom. The molecular formula is C16H26N4O2. The van der Waals surface area contributed by atoms with Gasteiger partial charge < -0.3 is 9.42 Å². The molecule has 0 N–H and O–H groups in total. The van der Waals surface area contributed by atoms with Crippen LogP contribution in [-0.2, 0) is 11.3 Å². The van der Waals surface area contributed by atoms with Gasteiger partial charge in [-0.1, -0.05) is 12.1 Å². The molecule has 0 bridgehead atoms. The molecule has 0 radical (unpaired) electrons. The summed E-state index contributed by atoms with van der Waals surface area (Å²) in [6.45, 7) is 12.7. The Hall–Kier alpha value is -1.40. The van der Waals surface area contributed by atoms with Gasteiger partial charge in [0.15, 0.2) is 5.76 Å². The lowest BCUT2D eigenvalue weighted by atomic mass is 10.0. The van der Waals surface area contributed by atoms with E-state index in [1.165, 1.54) is 0 Å². The lowest BCUT2D eigenvalue weighted by Gasteiger charge is -2.39. The van der Waals surface area contributed by atoms with Crippen LogP contribution >= 0.6 is 0 Å². The van der Waals surface area contributed by atoms with Gasteiger partial charge in [0.25, 0.3) is 0 Å². The maximum atomic E-state index is 11.4. The highest BCUT2D eigenvalue weighted by Crippen LogP contribution is 2.24. The van der Waals surface area contributed by atoms with Crippen LogP contribution < -0.4 is 0 Å². The van der Waals surface area contributed by atoms with Gasteiger partial charge in [-0.2, -0.15) is 0 Å². The molecule has 22 heavy (non-hydrogen) atoms. The summed E-state index contributed by atoms with van der Waals surface area (Å²) in [6.07, 6.45) is 0. The van der Waals surface area contributed by atoms with Crippen molar-refractivity contribution in [2.24, 2.45) is 5.92 Å². The summed E-state index contributed by atoms with van der Waals surface area (Å²) >= 11 is 0. The third-order valence-corrected chi connectivity index (χ3v) is 4.93. The van der Waals surface area contributed by atoms with Gasteiger partial charge in [-0.3, -0.25) is 14.6 Å². The van der Waals surface area contributed by atoms with E-state index in [1.807, 2.05) is 17.9 Å². The van der Waals surface area contributed by atoms with Gasteiger partial charge >= 0.3 is 0 Å². The Kier molecular flexibility index (Phi) is 4.49. The number of aromatic nitrogens is 1. The topological polar surface area (TPSA) is 52.8 Å². The minimum Gasteiger partial charge on any atom is -0.360 e. The summed E-state index contributed by atoms with van der Waals surface area (Å²) in [5, 5.41) is 3.96. The van der Waals surface area contributed by atoms with Crippen LogP contribution in [0.5, 0.6) is 0 Å². The van der Waals surface area contributed by atoms with Crippen LogP contribution in [0, 0.1) is 12.8 Å². The number of likely N-dealkylation sites (tertiary alicyclic amines) is 1. The first kappa shape index (κ1) is 15.5. The molecule has 0 saturated carbocycles. The first-order valence-electron chi connectivity index (χ1n) is 8.17. The quantitative estimate of drug-likeness (QED) is 0.833. The SMILES string of the molecule is CC(=O)N1CCN(C2CN(Cc3cc(C)no3)CC2C)CC1. The van der Waals surface area contributed by atoms with Crippen LogP contribution in [0.2, 0.25) is 0 Å². The Balaban J connectivity index is 1.54. The molecule has 2 aliphatic heterocycles. The molecule has 2 unspecified atom stereocenters. The minimum absolute atomic E-state index is 0.196. The van der Waals surface area contributed by atoms with Crippen molar-refractivity contribution in [3.63, 3.8) is 0 Å². The van der Waals surface area contributed by atoms with E-state index in [0.717, 1.165) is 57.3 Å². The molecule has 6 nitrogen and oxygen atoms in total. The van der Waals surface area contributed by atoms with E-state index >= 15 is 0 Å². The number of piperazine rings is 1. The van der Waals surface area contributed by atoms with Crippen LogP contribution in [0.4, 0.5) is 0 Å². The summed E-state index contributed by atoms with van der Waals surface area (Å²) in [6, 6.07) is 2.60. The zero-order chi connectivity index (χ0) is 15.7. The van der Waals surface area contributed by atoms with Crippen molar-refractivity contribution in [2.75, 3.05) is 39.3 Å². The van der Waals surface area contributed by atoms with Crippen LogP contribution in [-0.4, -0.2) is 71.1 Å². The van der Waals surface area contributed by atoms with E-state index in [0.29, 0.717) is 12.0 Å². The van der Waals surface area contributed by atoms with Crippen molar-refractivity contribution in [2.45, 2.75) is 33.4 Å². The third kappa shape index (κ3) is 3.33. The van der Waals surface area contributed by atoms with Gasteiger partial charge in [0.05, 0.1) is 12.2 Å². The number of carbonyl (C=O) groups is 1. The lowest BCUT2D eigenvalue weighted by molar-refractivity contribution is -0.130. The molecule has 0 aliphatic carbocycles. The summed E-state index contributed by atoms with van der Waals surface area (Å²) < 4.78 is 5.33. The number of carbonyl (C=O) groups excluding carboxylic acids is 1. The van der Waals surface area contributed by atoms with Crippen molar-refractivity contribution >= 4 is 5.91 Å². The Labute approximate surface area is 132 Å². The second-order valence-electron chi connectivity index (χ2n) is 6.72. The largest absolute Gasteiger partial charge is 0.360 e. The van der Waals surface area contributed by atoms with Gasteiger partial charge in [0.1, 0.15) is 0 Å². The number of hydrogen-bond donors (Lipinski definition) is 0. The molecule has 3 rings (SSSR count). The van der Waals surface area contributed by atoms with Crippen LogP contribution in [0.1, 0.15) is 25.3 Å². The predicted octanol–water partition coefficient (Wildman–Crippen LogP) is 0.967. The van der Waals surface area contributed by atoms with Crippen molar-refractivity contribution in [3.8, 4) is 0 Å². The Morgan fingerprint density at radius 2 is 2.05 bits per heavy atom. The first-order chi connectivity index (χ1) is 10.5. The molecule has 2 atom stereocenters. The van der Waals surface area contributed by atoms with E-state index < -0.39 is 0 Å². The fourth-order valence-electron chi connectivity index (χ4n) is 3.73. The lowest BCUT2D eigenvalue weighted by Crippen LogP contribution is -2.53. The molecule has 2 aliphatic rings. The van der Waals surface area contributed by atoms with Crippen molar-refractivity contribution in [1.29, 1.82) is 0 Å². The van der Waals surface area contributed by atoms with E-state index in [9.17, 15) is 4.79 Å². The molecular weight excluding hydrogens is 280 g/mol. The minimum atomic E-state index is 0.196. The van der Waals surface area contributed by atoms with Crippen molar-refractivity contribution in [1.82, 2.24) is 19.9 Å². The number of rotatable bonds is 3. The van der Waals surface area contributed by atoms with Gasteiger partial charge in [-0.05, 0) is 12.8 Å². The molecule has 0 spiro atoms. The van der Waals surface area contributed by atoms with E-state index in [4.69, 9.17) is 4.52 Å². The molecule has 0 aromatic carbocycles. The molecule has 2 fully saturated rings. The Morgan fingerprint density at radius 1 is 1.32 bits per heavy atom. The zero-order valence-electron chi connectivity index (χ0n) is 13.8. The van der Waals surface area contributed by atoms with E-state index in [-0.39, 0.29) is 5.91 Å². The highest BCUT2D eigenvalue weighted by Gasteiger charge is 2.35. The van der Waals surface area contributed by atoms with E-state index in [2.05, 4.69) is 21.9 Å². The zero-order valence-corrected chi connectivity index (χ0v) is 13.8. The average Bonchev–Trinajstić information content (AvgIpc) is 3.05. The maximum absolute atomic E-state index is 11.4. The number of amides is 1. The average molecular weight is 306 g/mol. The van der Waals surface area contributed by atoms with Crippen LogP contribution in [0.3, 0.4) is 0 Å². The second-order valence-corrected chi connectivity index (χ2v) is 6.72. The second kappa shape index (κ2) is 6.38. The molecule has 1 amide bonds. The fourth-order valence-corrected chi connectivity index (χ4v) is 3.73. The van der Waals surface area contributed by atoms with Gasteiger partial charge in [-0.25, -0.2) is 0 Å². The van der Waals surface area contributed by atoms with Gasteiger partial charge in [-0.15, -0.1) is 0 Å². The monoisotopic (exact) mass is 306 g/mol. The van der Waals surface area contributed by atoms with Crippen molar-refractivity contribution in [3.05, 3.63) is 17.5 Å². The standard InChI is InChI=1S/C16H26N4O2/c1-12-9-18(10-15-8-13(2)17-22-15)11-16(12)20-6-4-19(5-7-20)14(3)21/h8,12,16H,4-7,9-11H2,1-3H3. The number of aryl methyl sites for hydroxylation is 1. The smallest absolute Gasteiger partial charge is 0.219 e. The Bertz CT molecular complexity index is 522. The molecule has 3 heterocycles. The highest BCUT2D eigenvalue weighted by atomic mass is 16.5. The normalized spacial score (nSPS) is 27.5. The summed E-state index contributed by atoms with van der Waals surface area (Å²) in [5.74, 6) is 1.79. The number of hydrogen-bond acceptors (Lipinski definition) is 5. The molecule has 1 aromatic rings.